The molecule has 0 amide bonds. The summed E-state index contributed by atoms with van der Waals surface area (Å²) in [5.74, 6) is -0.199. The van der Waals surface area contributed by atoms with E-state index in [2.05, 4.69) is 16.8 Å². The van der Waals surface area contributed by atoms with Crippen LogP contribution in [0.3, 0.4) is 0 Å². The number of alkyl halides is 1. The van der Waals surface area contributed by atoms with E-state index in [-0.39, 0.29) is 37.9 Å². The molecule has 2 aromatic heterocycles. The number of carbonyl (C=O) groups is 4. The van der Waals surface area contributed by atoms with Crippen LogP contribution in [0.5, 0.6) is 0 Å². The van der Waals surface area contributed by atoms with E-state index in [0.29, 0.717) is 6.42 Å². The van der Waals surface area contributed by atoms with Crippen LogP contribution < -0.4 is 0 Å². The lowest BCUT2D eigenvalue weighted by Crippen LogP contribution is -2.61. The molecule has 328 valence electrons. The van der Waals surface area contributed by atoms with Crippen molar-refractivity contribution < 1.29 is 52.4 Å². The lowest BCUT2D eigenvalue weighted by Gasteiger charge is -2.48. The van der Waals surface area contributed by atoms with Gasteiger partial charge in [-0.3, -0.25) is 24.3 Å². The molecule has 0 unspecified atom stereocenters. The Morgan fingerprint density at radius 1 is 1.07 bits per heavy atom. The predicted octanol–water partition coefficient (Wildman–Crippen LogP) is 4.86. The number of cyclic esters (lactones) is 1. The number of pyridine rings is 1. The van der Waals surface area contributed by atoms with Gasteiger partial charge in [0.15, 0.2) is 17.7 Å². The number of rotatable bonds is 7. The standard InChI is InChI=1S/C45H60FN3O10S/c1-12-32-45(8)35-33(39(53)59-45)49(11)24-42(35,5)36(51)25(2)23-43(6,55-21-15-16-28-18-19-31(60-28)29-17-13-14-20-47-29)38(27(4)37(52)44(7,46)41(54)57-32)58-40-34(50)30(48(9)10)22-26(3)56-40/h13-14,17-20,25-27,30,32-35,38,40,50H,12,21-24H2,1-11H3/t25-,26-,27+,30+,32-,33-,34-,35-,38-,40+,42-,43+,44-,45-/m1/s1. The molecule has 6 heterocycles. The summed E-state index contributed by atoms with van der Waals surface area (Å²) >= 11 is 1.46. The highest BCUT2D eigenvalue weighted by atomic mass is 32.1. The lowest BCUT2D eigenvalue weighted by molar-refractivity contribution is -0.296. The Hall–Kier alpha value is -3.62. The summed E-state index contributed by atoms with van der Waals surface area (Å²) in [6.45, 7) is 12.7. The minimum atomic E-state index is -3.20. The second-order valence-electron chi connectivity index (χ2n) is 18.2. The van der Waals surface area contributed by atoms with Crippen molar-refractivity contribution in [1.29, 1.82) is 0 Å². The first-order valence-corrected chi connectivity index (χ1v) is 21.6. The largest absolute Gasteiger partial charge is 0.455 e. The number of hydrogen-bond donors (Lipinski definition) is 1. The molecule has 4 fully saturated rings. The Bertz CT molecular complexity index is 2000. The van der Waals surface area contributed by atoms with Gasteiger partial charge in [0.1, 0.15) is 30.6 Å². The first-order valence-electron chi connectivity index (χ1n) is 20.8. The van der Waals surface area contributed by atoms with Gasteiger partial charge in [0.2, 0.25) is 0 Å². The highest BCUT2D eigenvalue weighted by Crippen LogP contribution is 2.56. The zero-order chi connectivity index (χ0) is 44.1. The van der Waals surface area contributed by atoms with Gasteiger partial charge in [0.25, 0.3) is 5.67 Å². The van der Waals surface area contributed by atoms with E-state index in [1.807, 2.05) is 56.3 Å². The fourth-order valence-corrected chi connectivity index (χ4v) is 11.3. The summed E-state index contributed by atoms with van der Waals surface area (Å²) in [5.41, 5.74) is -6.71. The van der Waals surface area contributed by atoms with E-state index < -0.39 is 94.4 Å². The van der Waals surface area contributed by atoms with E-state index in [9.17, 15) is 19.5 Å². The molecule has 0 spiro atoms. The third kappa shape index (κ3) is 8.33. The number of aliphatic hydroxyl groups excluding tert-OH is 1. The summed E-state index contributed by atoms with van der Waals surface area (Å²) in [7, 11) is 5.39. The van der Waals surface area contributed by atoms with Gasteiger partial charge in [-0.2, -0.15) is 0 Å². The van der Waals surface area contributed by atoms with E-state index in [1.165, 1.54) is 18.3 Å². The SMILES string of the molecule is CC[C@H]1OC(=O)[C@](C)(F)C(=O)[C@H](C)[C@@H](O[C@@H]2O[C@H](C)C[C@H](N(C)C)[C@H]2O)[C@@](C)(OCC#Cc2ccc(-c3ccccn3)s2)C[C@@H](C)C(=O)[C@]2(C)CN(C)[C@H]3C(=O)O[C@@]1(C)[C@H]32. The fraction of sp³-hybridized carbons (Fsp3) is 0.667. The smallest absolute Gasteiger partial charge is 0.351 e. The monoisotopic (exact) mass is 853 g/mol. The topological polar surface area (TPSA) is 154 Å². The molecule has 1 N–H and O–H groups in total. The molecular formula is C45H60FN3O10S. The summed E-state index contributed by atoms with van der Waals surface area (Å²) in [6.07, 6.45) is -3.19. The number of aromatic nitrogens is 1. The number of hydrogen-bond acceptors (Lipinski definition) is 14. The van der Waals surface area contributed by atoms with Crippen LogP contribution in [-0.2, 0) is 42.9 Å². The van der Waals surface area contributed by atoms with E-state index in [0.717, 1.165) is 22.4 Å². The first-order chi connectivity index (χ1) is 28.1. The average Bonchev–Trinajstić information content (AvgIpc) is 3.87. The number of thiophene rings is 1. The number of ether oxygens (including phenoxy) is 5. The quantitative estimate of drug-likeness (QED) is 0.229. The maximum Gasteiger partial charge on any atom is 0.351 e. The maximum atomic E-state index is 17.1. The van der Waals surface area contributed by atoms with E-state index >= 15 is 9.18 Å². The third-order valence-corrected chi connectivity index (χ3v) is 14.3. The third-order valence-electron chi connectivity index (χ3n) is 13.3. The van der Waals surface area contributed by atoms with Crippen molar-refractivity contribution in [2.24, 2.45) is 23.2 Å². The van der Waals surface area contributed by atoms with Crippen molar-refractivity contribution in [3.05, 3.63) is 41.4 Å². The van der Waals surface area contributed by atoms with Crippen molar-refractivity contribution in [3.63, 3.8) is 0 Å². The number of halogens is 1. The number of ketones is 2. The molecule has 4 aliphatic rings. The van der Waals surface area contributed by atoms with Crippen LogP contribution in [0.4, 0.5) is 4.39 Å². The second-order valence-corrected chi connectivity index (χ2v) is 19.3. The Kier molecular flexibility index (Phi) is 13.2. The summed E-state index contributed by atoms with van der Waals surface area (Å²) in [5, 5.41) is 11.6. The Labute approximate surface area is 356 Å². The summed E-state index contributed by atoms with van der Waals surface area (Å²) in [4.78, 5) is 67.0. The molecule has 6 rings (SSSR count). The second kappa shape index (κ2) is 17.3. The van der Waals surface area contributed by atoms with Crippen molar-refractivity contribution >= 4 is 34.8 Å². The zero-order valence-corrected chi connectivity index (χ0v) is 37.3. The van der Waals surface area contributed by atoms with Crippen LogP contribution >= 0.6 is 11.3 Å². The van der Waals surface area contributed by atoms with Crippen LogP contribution in [0, 0.1) is 35.0 Å². The normalized spacial score (nSPS) is 40.4. The molecule has 0 radical (unpaired) electrons. The molecule has 13 nitrogen and oxygen atoms in total. The molecule has 0 aromatic carbocycles. The molecule has 4 saturated heterocycles. The predicted molar refractivity (Wildman–Crippen MR) is 221 cm³/mol. The van der Waals surface area contributed by atoms with E-state index in [1.54, 1.807) is 52.8 Å². The molecule has 0 aliphatic carbocycles. The van der Waals surface area contributed by atoms with Gasteiger partial charge < -0.3 is 33.7 Å². The van der Waals surface area contributed by atoms with Crippen molar-refractivity contribution in [2.75, 3.05) is 34.3 Å². The highest BCUT2D eigenvalue weighted by molar-refractivity contribution is 7.16. The van der Waals surface area contributed by atoms with Crippen LogP contribution in [0.15, 0.2) is 36.5 Å². The molecule has 0 bridgehead atoms. The van der Waals surface area contributed by atoms with Gasteiger partial charge in [-0.1, -0.05) is 45.6 Å². The molecule has 2 aromatic rings. The lowest BCUT2D eigenvalue weighted by atomic mass is 9.62. The number of likely N-dealkylation sites (tertiary alicyclic amines) is 1. The molecule has 15 heteroatoms. The minimum Gasteiger partial charge on any atom is -0.455 e. The number of aliphatic hydroxyl groups is 1. The number of likely N-dealkylation sites (N-methyl/N-ethyl adjacent to an activating group) is 2. The average molecular weight is 854 g/mol. The van der Waals surface area contributed by atoms with Crippen LogP contribution in [0.25, 0.3) is 10.6 Å². The Balaban J connectivity index is 1.44. The number of Topliss-reactive ketones (excluding diaryl/α,β-unsaturated/α-hetero) is 2. The zero-order valence-electron chi connectivity index (χ0n) is 36.5. The highest BCUT2D eigenvalue weighted by Gasteiger charge is 2.71. The van der Waals surface area contributed by atoms with Crippen LogP contribution in [0.2, 0.25) is 0 Å². The number of carbonyl (C=O) groups excluding carboxylic acids is 4. The molecule has 14 atom stereocenters. The van der Waals surface area contributed by atoms with Crippen LogP contribution in [-0.4, -0.2) is 137 Å². The number of nitrogens with zero attached hydrogens (tertiary/aromatic N) is 3. The van der Waals surface area contributed by atoms with Gasteiger partial charge in [-0.25, -0.2) is 9.18 Å². The van der Waals surface area contributed by atoms with Gasteiger partial charge >= 0.3 is 11.9 Å². The van der Waals surface area contributed by atoms with Gasteiger partial charge in [-0.15, -0.1) is 11.3 Å². The van der Waals surface area contributed by atoms with Gasteiger partial charge in [0, 0.05) is 42.0 Å². The molecular weight excluding hydrogens is 794 g/mol. The van der Waals surface area contributed by atoms with Crippen LogP contribution in [0.1, 0.15) is 79.5 Å². The van der Waals surface area contributed by atoms with E-state index in [4.69, 9.17) is 23.7 Å². The van der Waals surface area contributed by atoms with Crippen molar-refractivity contribution in [2.45, 2.75) is 134 Å². The summed E-state index contributed by atoms with van der Waals surface area (Å²) < 4.78 is 48.5. The fourth-order valence-electron chi connectivity index (χ4n) is 10.4. The minimum absolute atomic E-state index is 0.0546. The first kappa shape index (κ1) is 45.9. The molecule has 4 aliphatic heterocycles. The van der Waals surface area contributed by atoms with Crippen molar-refractivity contribution in [3.8, 4) is 22.4 Å². The van der Waals surface area contributed by atoms with Crippen molar-refractivity contribution in [1.82, 2.24) is 14.8 Å². The van der Waals surface area contributed by atoms with Gasteiger partial charge in [-0.05, 0) is 92.4 Å². The summed E-state index contributed by atoms with van der Waals surface area (Å²) in [6, 6.07) is 8.24. The Morgan fingerprint density at radius 2 is 1.78 bits per heavy atom. The maximum absolute atomic E-state index is 17.1. The Morgan fingerprint density at radius 3 is 2.43 bits per heavy atom. The molecule has 0 saturated carbocycles. The number of esters is 2. The molecule has 60 heavy (non-hydrogen) atoms. The van der Waals surface area contributed by atoms with Gasteiger partial charge in [0.05, 0.1) is 33.3 Å².